The first-order valence-electron chi connectivity index (χ1n) is 13.8. The number of hydrazine groups is 1. The molecule has 0 spiro atoms. The molecule has 4 N–H and O–H groups in total. The largest absolute Gasteiger partial charge is 0.445 e. The van der Waals surface area contributed by atoms with Gasteiger partial charge in [-0.1, -0.05) is 98.2 Å². The molecule has 9 nitrogen and oxygen atoms in total. The molecule has 0 radical (unpaired) electrons. The summed E-state index contributed by atoms with van der Waals surface area (Å²) in [4.78, 5) is 33.9. The van der Waals surface area contributed by atoms with Gasteiger partial charge in [-0.25, -0.2) is 15.2 Å². The Bertz CT molecular complexity index is 1380. The highest BCUT2D eigenvalue weighted by Gasteiger charge is 2.28. The van der Waals surface area contributed by atoms with E-state index in [1.165, 1.54) is 16.9 Å². The van der Waals surface area contributed by atoms with E-state index in [1.54, 1.807) is 18.3 Å². The van der Waals surface area contributed by atoms with Crippen molar-refractivity contribution in [2.75, 3.05) is 13.2 Å². The molecule has 2 amide bonds. The van der Waals surface area contributed by atoms with Crippen LogP contribution in [0.3, 0.4) is 0 Å². The van der Waals surface area contributed by atoms with Gasteiger partial charge in [0.05, 0.1) is 13.0 Å². The fourth-order valence-electron chi connectivity index (χ4n) is 4.38. The predicted molar refractivity (Wildman–Crippen MR) is 163 cm³/mol. The number of amides is 2. The number of nitrogens with one attached hydrogen (secondary N) is 4. The van der Waals surface area contributed by atoms with Crippen LogP contribution >= 0.6 is 11.6 Å². The molecule has 0 saturated carbocycles. The summed E-state index contributed by atoms with van der Waals surface area (Å²) in [5.41, 5.74) is 6.73. The fourth-order valence-corrected chi connectivity index (χ4v) is 4.51. The van der Waals surface area contributed by atoms with Crippen molar-refractivity contribution in [1.82, 2.24) is 31.0 Å². The number of hydrogen-bond acceptors (Lipinski definition) is 6. The molecule has 0 saturated heterocycles. The van der Waals surface area contributed by atoms with Crippen molar-refractivity contribution < 1.29 is 14.3 Å². The van der Waals surface area contributed by atoms with Crippen LogP contribution in [0.5, 0.6) is 0 Å². The number of hydrogen-bond donors (Lipinski definition) is 4. The zero-order chi connectivity index (χ0) is 29.8. The van der Waals surface area contributed by atoms with Crippen LogP contribution in [-0.4, -0.2) is 46.2 Å². The molecule has 0 aliphatic rings. The number of rotatable bonds is 14. The number of H-pyrrole nitrogens is 1. The first-order valence-corrected chi connectivity index (χ1v) is 14.2. The highest BCUT2D eigenvalue weighted by atomic mass is 35.5. The smallest absolute Gasteiger partial charge is 0.408 e. The lowest BCUT2D eigenvalue weighted by molar-refractivity contribution is -0.137. The Morgan fingerprint density at radius 3 is 2.33 bits per heavy atom. The highest BCUT2D eigenvalue weighted by Crippen LogP contribution is 2.21. The Kier molecular flexibility index (Phi) is 11.1. The summed E-state index contributed by atoms with van der Waals surface area (Å²) >= 11 is 6.05. The van der Waals surface area contributed by atoms with Gasteiger partial charge in [0, 0.05) is 41.8 Å². The van der Waals surface area contributed by atoms with E-state index in [4.69, 9.17) is 16.3 Å². The number of carbonyl (C=O) groups is 2. The molecular weight excluding hydrogens is 552 g/mol. The van der Waals surface area contributed by atoms with E-state index in [0.717, 1.165) is 11.1 Å². The minimum absolute atomic E-state index is 0.0896. The molecule has 0 fully saturated rings. The second kappa shape index (κ2) is 15.2. The third-order valence-electron chi connectivity index (χ3n) is 6.83. The number of ether oxygens (including phenoxy) is 1. The van der Waals surface area contributed by atoms with Crippen LogP contribution in [0, 0.1) is 0 Å². The van der Waals surface area contributed by atoms with Gasteiger partial charge in [-0.3, -0.25) is 15.1 Å². The van der Waals surface area contributed by atoms with Crippen molar-refractivity contribution in [1.29, 1.82) is 0 Å². The minimum atomic E-state index is -0.921. The van der Waals surface area contributed by atoms with Crippen molar-refractivity contribution in [3.8, 4) is 0 Å². The van der Waals surface area contributed by atoms with E-state index in [0.29, 0.717) is 23.8 Å². The van der Waals surface area contributed by atoms with Crippen LogP contribution in [0.15, 0.2) is 97.5 Å². The average molecular weight is 589 g/mol. The molecule has 1 atom stereocenters. The maximum absolute atomic E-state index is 14.0. The van der Waals surface area contributed by atoms with Crippen molar-refractivity contribution in [2.45, 2.75) is 44.9 Å². The van der Waals surface area contributed by atoms with Crippen LogP contribution in [0.25, 0.3) is 0 Å². The van der Waals surface area contributed by atoms with Crippen LogP contribution in [0.1, 0.15) is 36.2 Å². The molecule has 0 aliphatic heterocycles. The van der Waals surface area contributed by atoms with Crippen LogP contribution in [0.4, 0.5) is 4.79 Å². The maximum Gasteiger partial charge on any atom is 0.408 e. The van der Waals surface area contributed by atoms with Crippen molar-refractivity contribution in [3.05, 3.63) is 125 Å². The molecule has 1 heterocycles. The fraction of sp³-hybridized carbons (Fsp3) is 0.281. The number of nitrogens with zero attached hydrogens (tertiary/aromatic N) is 2. The van der Waals surface area contributed by atoms with Crippen LogP contribution < -0.4 is 16.1 Å². The highest BCUT2D eigenvalue weighted by molar-refractivity contribution is 6.30. The lowest BCUT2D eigenvalue weighted by atomic mass is 9.85. The van der Waals surface area contributed by atoms with Gasteiger partial charge in [-0.2, -0.15) is 0 Å². The third-order valence-corrected chi connectivity index (χ3v) is 7.08. The summed E-state index contributed by atoms with van der Waals surface area (Å²) in [6, 6.07) is 26.1. The van der Waals surface area contributed by atoms with Gasteiger partial charge >= 0.3 is 6.09 Å². The number of aromatic amines is 1. The van der Waals surface area contributed by atoms with E-state index in [2.05, 4.69) is 52.0 Å². The van der Waals surface area contributed by atoms with Crippen molar-refractivity contribution >= 4 is 23.6 Å². The average Bonchev–Trinajstić information content (AvgIpc) is 3.52. The molecule has 4 rings (SSSR count). The monoisotopic (exact) mass is 588 g/mol. The Labute approximate surface area is 251 Å². The Morgan fingerprint density at radius 2 is 1.67 bits per heavy atom. The normalized spacial score (nSPS) is 12.0. The molecule has 0 bridgehead atoms. The van der Waals surface area contributed by atoms with Gasteiger partial charge in [0.2, 0.25) is 0 Å². The summed E-state index contributed by atoms with van der Waals surface area (Å²) in [6.07, 6.45) is 2.68. The molecule has 4 aromatic rings. The second-order valence-electron chi connectivity index (χ2n) is 10.6. The van der Waals surface area contributed by atoms with E-state index >= 15 is 0 Å². The Hall–Kier alpha value is -4.18. The molecule has 220 valence electrons. The molecule has 42 heavy (non-hydrogen) atoms. The molecule has 10 heteroatoms. The first-order chi connectivity index (χ1) is 20.3. The van der Waals surface area contributed by atoms with Gasteiger partial charge in [0.1, 0.15) is 12.6 Å². The van der Waals surface area contributed by atoms with Crippen molar-refractivity contribution in [3.63, 3.8) is 0 Å². The van der Waals surface area contributed by atoms with Gasteiger partial charge < -0.3 is 15.0 Å². The molecular formula is C32H37ClN6O3. The molecule has 3 aromatic carbocycles. The number of benzene rings is 3. The topological polar surface area (TPSA) is 111 Å². The SMILES string of the molecule is CC(C)(CNCN(NCc1ccc(Cl)cc1)C(=O)[C@H](Cc1cnc[nH]1)NC(=O)OCc1ccccc1)c1ccccc1. The number of halogens is 1. The summed E-state index contributed by atoms with van der Waals surface area (Å²) in [6.45, 7) is 5.57. The van der Waals surface area contributed by atoms with E-state index in [-0.39, 0.29) is 31.0 Å². The van der Waals surface area contributed by atoms with E-state index in [9.17, 15) is 9.59 Å². The number of imidazole rings is 1. The zero-order valence-electron chi connectivity index (χ0n) is 23.8. The van der Waals surface area contributed by atoms with Gasteiger partial charge in [-0.05, 0) is 28.8 Å². The summed E-state index contributed by atoms with van der Waals surface area (Å²) in [5.74, 6) is -0.333. The van der Waals surface area contributed by atoms with E-state index < -0.39 is 12.1 Å². The van der Waals surface area contributed by atoms with Crippen molar-refractivity contribution in [2.24, 2.45) is 0 Å². The number of carbonyl (C=O) groups excluding carboxylic acids is 2. The van der Waals surface area contributed by atoms with Gasteiger partial charge in [0.15, 0.2) is 0 Å². The summed E-state index contributed by atoms with van der Waals surface area (Å²) in [7, 11) is 0. The Morgan fingerprint density at radius 1 is 0.976 bits per heavy atom. The molecule has 0 unspecified atom stereocenters. The van der Waals surface area contributed by atoms with Crippen LogP contribution in [0.2, 0.25) is 5.02 Å². The standard InChI is InChI=1S/C32H37ClN6O3/c1-32(2,26-11-7-4-8-12-26)21-35-23-39(37-18-24-13-15-27(33)16-14-24)30(40)29(17-28-19-34-22-36-28)38-31(41)42-20-25-9-5-3-6-10-25/h3-16,19,22,29,35,37H,17-18,20-21,23H2,1-2H3,(H,34,36)(H,38,41)/t29-/m0/s1. The molecule has 0 aliphatic carbocycles. The number of alkyl carbamates (subject to hydrolysis) is 1. The third kappa shape index (κ3) is 9.44. The van der Waals surface area contributed by atoms with Gasteiger partial charge in [-0.15, -0.1) is 0 Å². The molecule has 1 aromatic heterocycles. The lowest BCUT2D eigenvalue weighted by Crippen LogP contribution is -2.57. The van der Waals surface area contributed by atoms with Crippen LogP contribution in [-0.2, 0) is 34.5 Å². The maximum atomic E-state index is 14.0. The quantitative estimate of drug-likeness (QED) is 0.122. The lowest BCUT2D eigenvalue weighted by Gasteiger charge is -2.31. The Balaban J connectivity index is 1.47. The van der Waals surface area contributed by atoms with E-state index in [1.807, 2.05) is 60.7 Å². The summed E-state index contributed by atoms with van der Waals surface area (Å²) < 4.78 is 5.43. The van der Waals surface area contributed by atoms with Gasteiger partial charge in [0.25, 0.3) is 5.91 Å². The minimum Gasteiger partial charge on any atom is -0.445 e. The summed E-state index contributed by atoms with van der Waals surface area (Å²) in [5, 5.41) is 8.31. The number of aromatic nitrogens is 2. The first kappa shape index (κ1) is 30.8. The second-order valence-corrected chi connectivity index (χ2v) is 11.0. The predicted octanol–water partition coefficient (Wildman–Crippen LogP) is 4.96. The zero-order valence-corrected chi connectivity index (χ0v) is 24.6.